The molecule has 0 fully saturated rings. The van der Waals surface area contributed by atoms with Crippen LogP contribution >= 0.6 is 23.1 Å². The maximum atomic E-state index is 2.20. The van der Waals surface area contributed by atoms with E-state index in [1.54, 1.807) is 0 Å². The summed E-state index contributed by atoms with van der Waals surface area (Å²) in [6, 6.07) is 14.9. The third-order valence-corrected chi connectivity index (χ3v) is 3.89. The third-order valence-electron chi connectivity index (χ3n) is 1.94. The summed E-state index contributed by atoms with van der Waals surface area (Å²) in [7, 11) is 0. The number of rotatable bonds is 4. The average molecular weight is 220 g/mol. The fraction of sp³-hybridized carbons (Fsp3) is 0.167. The molecule has 0 saturated heterocycles. The van der Waals surface area contributed by atoms with Crippen LogP contribution in [0.1, 0.15) is 4.88 Å². The van der Waals surface area contributed by atoms with Crippen LogP contribution in [-0.2, 0) is 6.42 Å². The quantitative estimate of drug-likeness (QED) is 0.700. The molecule has 0 aliphatic rings. The van der Waals surface area contributed by atoms with Gasteiger partial charge in [-0.1, -0.05) is 24.3 Å². The molecule has 2 aromatic rings. The number of aryl methyl sites for hydroxylation is 1. The fourth-order valence-electron chi connectivity index (χ4n) is 1.24. The summed E-state index contributed by atoms with van der Waals surface area (Å²) in [6.45, 7) is 0. The first-order chi connectivity index (χ1) is 6.95. The molecule has 0 amide bonds. The standard InChI is InChI=1S/C12H12S2/c1-2-5-11(6-3-1)14-10-8-12-7-4-9-13-12/h1-7,9H,8,10H2. The summed E-state index contributed by atoms with van der Waals surface area (Å²) in [6.07, 6.45) is 1.18. The van der Waals surface area contributed by atoms with Gasteiger partial charge in [0.05, 0.1) is 0 Å². The smallest absolute Gasteiger partial charge is 0.00720 e. The highest BCUT2D eigenvalue weighted by Crippen LogP contribution is 2.19. The predicted octanol–water partition coefficient (Wildman–Crippen LogP) is 4.08. The molecule has 72 valence electrons. The fourth-order valence-corrected chi connectivity index (χ4v) is 2.99. The molecule has 2 heteroatoms. The van der Waals surface area contributed by atoms with Crippen molar-refractivity contribution >= 4 is 23.1 Å². The van der Waals surface area contributed by atoms with Crippen LogP contribution in [-0.4, -0.2) is 5.75 Å². The third kappa shape index (κ3) is 2.89. The minimum Gasteiger partial charge on any atom is -0.149 e. The van der Waals surface area contributed by atoms with Crippen molar-refractivity contribution < 1.29 is 0 Å². The van der Waals surface area contributed by atoms with Crippen LogP contribution in [0.3, 0.4) is 0 Å². The normalized spacial score (nSPS) is 10.3. The Hall–Kier alpha value is -0.730. The Balaban J connectivity index is 1.79. The van der Waals surface area contributed by atoms with Crippen LogP contribution in [0.25, 0.3) is 0 Å². The van der Waals surface area contributed by atoms with Crippen LogP contribution in [0.15, 0.2) is 52.7 Å². The summed E-state index contributed by atoms with van der Waals surface area (Å²) in [5.41, 5.74) is 0. The number of thiophene rings is 1. The lowest BCUT2D eigenvalue weighted by atomic mass is 10.4. The monoisotopic (exact) mass is 220 g/mol. The molecule has 14 heavy (non-hydrogen) atoms. The van der Waals surface area contributed by atoms with Crippen LogP contribution < -0.4 is 0 Å². The lowest BCUT2D eigenvalue weighted by Gasteiger charge is -1.99. The molecule has 0 aliphatic carbocycles. The Morgan fingerprint density at radius 3 is 2.57 bits per heavy atom. The Morgan fingerprint density at radius 1 is 1.00 bits per heavy atom. The summed E-state index contributed by atoms with van der Waals surface area (Å²) < 4.78 is 0. The molecule has 1 aromatic carbocycles. The lowest BCUT2D eigenvalue weighted by Crippen LogP contribution is -1.83. The van der Waals surface area contributed by atoms with E-state index in [4.69, 9.17) is 0 Å². The minimum atomic E-state index is 1.17. The van der Waals surface area contributed by atoms with Gasteiger partial charge in [-0.05, 0) is 30.0 Å². The maximum Gasteiger partial charge on any atom is 0.00720 e. The van der Waals surface area contributed by atoms with Gasteiger partial charge in [0.2, 0.25) is 0 Å². The zero-order valence-electron chi connectivity index (χ0n) is 7.85. The second-order valence-corrected chi connectivity index (χ2v) is 5.19. The first-order valence-electron chi connectivity index (χ1n) is 4.65. The Labute approximate surface area is 93.0 Å². The average Bonchev–Trinajstić information content (AvgIpc) is 2.72. The van der Waals surface area contributed by atoms with E-state index >= 15 is 0 Å². The van der Waals surface area contributed by atoms with Gasteiger partial charge >= 0.3 is 0 Å². The highest BCUT2D eigenvalue weighted by atomic mass is 32.2. The Bertz CT molecular complexity index is 351. The molecule has 0 N–H and O–H groups in total. The molecule has 1 heterocycles. The molecular formula is C12H12S2. The van der Waals surface area contributed by atoms with Gasteiger partial charge in [-0.25, -0.2) is 0 Å². The summed E-state index contributed by atoms with van der Waals surface area (Å²) in [4.78, 5) is 2.84. The van der Waals surface area contributed by atoms with E-state index in [0.717, 1.165) is 0 Å². The maximum absolute atomic E-state index is 2.20. The molecule has 2 rings (SSSR count). The second kappa shape index (κ2) is 5.23. The van der Waals surface area contributed by atoms with Crippen molar-refractivity contribution in [1.29, 1.82) is 0 Å². The summed E-state index contributed by atoms with van der Waals surface area (Å²) >= 11 is 3.77. The van der Waals surface area contributed by atoms with E-state index in [1.165, 1.54) is 21.9 Å². The van der Waals surface area contributed by atoms with Gasteiger partial charge in [-0.3, -0.25) is 0 Å². The van der Waals surface area contributed by atoms with Crippen molar-refractivity contribution in [2.45, 2.75) is 11.3 Å². The van der Waals surface area contributed by atoms with E-state index in [2.05, 4.69) is 47.8 Å². The zero-order chi connectivity index (χ0) is 9.64. The molecule has 0 saturated carbocycles. The van der Waals surface area contributed by atoms with E-state index in [1.807, 2.05) is 23.1 Å². The van der Waals surface area contributed by atoms with Crippen LogP contribution in [0.5, 0.6) is 0 Å². The van der Waals surface area contributed by atoms with Gasteiger partial charge in [0.1, 0.15) is 0 Å². The van der Waals surface area contributed by atoms with Crippen molar-refractivity contribution in [3.8, 4) is 0 Å². The molecule has 0 atom stereocenters. The molecule has 0 unspecified atom stereocenters. The van der Waals surface area contributed by atoms with Crippen molar-refractivity contribution in [2.75, 3.05) is 5.75 Å². The molecule has 0 aliphatic heterocycles. The van der Waals surface area contributed by atoms with Crippen LogP contribution in [0.4, 0.5) is 0 Å². The van der Waals surface area contributed by atoms with E-state index in [9.17, 15) is 0 Å². The first kappa shape index (κ1) is 9.81. The molecule has 0 radical (unpaired) electrons. The summed E-state index contributed by atoms with van der Waals surface area (Å²) in [5.74, 6) is 1.17. The second-order valence-electron chi connectivity index (χ2n) is 2.99. The van der Waals surface area contributed by atoms with Gasteiger partial charge < -0.3 is 0 Å². The van der Waals surface area contributed by atoms with E-state index in [-0.39, 0.29) is 0 Å². The highest BCUT2D eigenvalue weighted by molar-refractivity contribution is 7.99. The van der Waals surface area contributed by atoms with Crippen molar-refractivity contribution in [3.63, 3.8) is 0 Å². The number of hydrogen-bond acceptors (Lipinski definition) is 2. The Kier molecular flexibility index (Phi) is 3.66. The zero-order valence-corrected chi connectivity index (χ0v) is 9.48. The van der Waals surface area contributed by atoms with Gasteiger partial charge in [0.15, 0.2) is 0 Å². The van der Waals surface area contributed by atoms with Crippen LogP contribution in [0.2, 0.25) is 0 Å². The number of hydrogen-bond donors (Lipinski definition) is 0. The molecule has 0 bridgehead atoms. The van der Waals surface area contributed by atoms with E-state index < -0.39 is 0 Å². The van der Waals surface area contributed by atoms with Crippen molar-refractivity contribution in [3.05, 3.63) is 52.7 Å². The van der Waals surface area contributed by atoms with E-state index in [0.29, 0.717) is 0 Å². The minimum absolute atomic E-state index is 1.17. The first-order valence-corrected chi connectivity index (χ1v) is 6.52. The Morgan fingerprint density at radius 2 is 1.86 bits per heavy atom. The largest absolute Gasteiger partial charge is 0.149 e. The highest BCUT2D eigenvalue weighted by Gasteiger charge is 1.95. The number of thioether (sulfide) groups is 1. The van der Waals surface area contributed by atoms with Crippen molar-refractivity contribution in [1.82, 2.24) is 0 Å². The molecular weight excluding hydrogens is 208 g/mol. The van der Waals surface area contributed by atoms with Gasteiger partial charge in [0.25, 0.3) is 0 Å². The lowest BCUT2D eigenvalue weighted by molar-refractivity contribution is 1.20. The molecule has 0 nitrogen and oxygen atoms in total. The number of benzene rings is 1. The SMILES string of the molecule is c1ccc(SCCc2cccs2)cc1. The summed E-state index contributed by atoms with van der Waals surface area (Å²) in [5, 5.41) is 2.14. The molecule has 1 aromatic heterocycles. The van der Waals surface area contributed by atoms with Gasteiger partial charge in [0, 0.05) is 15.5 Å². The van der Waals surface area contributed by atoms with Gasteiger partial charge in [-0.15, -0.1) is 23.1 Å². The molecule has 0 spiro atoms. The predicted molar refractivity (Wildman–Crippen MR) is 65.2 cm³/mol. The van der Waals surface area contributed by atoms with Crippen LogP contribution in [0, 0.1) is 0 Å². The van der Waals surface area contributed by atoms with Crippen molar-refractivity contribution in [2.24, 2.45) is 0 Å². The topological polar surface area (TPSA) is 0 Å². The van der Waals surface area contributed by atoms with Gasteiger partial charge in [-0.2, -0.15) is 0 Å².